The fraction of sp³-hybridized carbons (Fsp3) is 0.344. The van der Waals surface area contributed by atoms with Gasteiger partial charge in [0.05, 0.1) is 18.8 Å². The van der Waals surface area contributed by atoms with Crippen LogP contribution in [0.15, 0.2) is 78.9 Å². The molecule has 210 valence electrons. The molecule has 1 aliphatic heterocycles. The Labute approximate surface area is 235 Å². The Morgan fingerprint density at radius 1 is 0.825 bits per heavy atom. The number of imide groups is 1. The third kappa shape index (κ3) is 5.52. The molecule has 8 heteroatoms. The lowest BCUT2D eigenvalue weighted by molar-refractivity contribution is -0.122. The van der Waals surface area contributed by atoms with Gasteiger partial charge in [0, 0.05) is 0 Å². The number of fused-ring (bicyclic) bond motifs is 1. The molecule has 3 aromatic carbocycles. The van der Waals surface area contributed by atoms with Crippen LogP contribution in [0.25, 0.3) is 0 Å². The van der Waals surface area contributed by atoms with E-state index in [2.05, 4.69) is 5.32 Å². The molecule has 0 spiro atoms. The van der Waals surface area contributed by atoms with Crippen molar-refractivity contribution in [2.45, 2.75) is 64.2 Å². The lowest BCUT2D eigenvalue weighted by atomic mass is 9.67. The fourth-order valence-corrected chi connectivity index (χ4v) is 5.01. The van der Waals surface area contributed by atoms with Crippen LogP contribution in [0.4, 0.5) is 15.3 Å². The maximum Gasteiger partial charge on any atom is 0.421 e. The molecule has 0 saturated carbocycles. The molecule has 8 nitrogen and oxygen atoms in total. The number of carbonyl (C=O) groups excluding carboxylic acids is 3. The summed E-state index contributed by atoms with van der Waals surface area (Å²) in [5.74, 6) is -0.0162. The zero-order chi connectivity index (χ0) is 29.3. The number of anilines is 1. The second-order valence-corrected chi connectivity index (χ2v) is 11.7. The second-order valence-electron chi connectivity index (χ2n) is 11.7. The number of methoxy groups -OCH3 is 1. The van der Waals surface area contributed by atoms with E-state index in [1.165, 1.54) is 0 Å². The van der Waals surface area contributed by atoms with Crippen LogP contribution in [0.5, 0.6) is 5.75 Å². The summed E-state index contributed by atoms with van der Waals surface area (Å²) in [5.41, 5.74) is -1.09. The van der Waals surface area contributed by atoms with Crippen molar-refractivity contribution in [2.75, 3.05) is 12.0 Å². The lowest BCUT2D eigenvalue weighted by Crippen LogP contribution is -2.53. The number of para-hydroxylation sites is 1. The number of alkyl carbamates (subject to hydrolysis) is 1. The van der Waals surface area contributed by atoms with E-state index in [9.17, 15) is 14.4 Å². The quantitative estimate of drug-likeness (QED) is 0.393. The van der Waals surface area contributed by atoms with Crippen LogP contribution in [0.3, 0.4) is 0 Å². The Morgan fingerprint density at radius 3 is 2.08 bits per heavy atom. The number of carbonyl (C=O) groups is 3. The van der Waals surface area contributed by atoms with Crippen molar-refractivity contribution in [3.05, 3.63) is 95.6 Å². The van der Waals surface area contributed by atoms with Gasteiger partial charge in [-0.25, -0.2) is 14.5 Å². The Morgan fingerprint density at radius 2 is 1.45 bits per heavy atom. The normalized spacial score (nSPS) is 17.6. The molecule has 4 rings (SSSR count). The van der Waals surface area contributed by atoms with E-state index in [0.29, 0.717) is 28.1 Å². The molecule has 0 fully saturated rings. The van der Waals surface area contributed by atoms with Gasteiger partial charge in [-0.1, -0.05) is 60.7 Å². The van der Waals surface area contributed by atoms with Crippen LogP contribution < -0.4 is 15.0 Å². The molecule has 2 atom stereocenters. The zero-order valence-electron chi connectivity index (χ0n) is 24.0. The average Bonchev–Trinajstić information content (AvgIpc) is 3.14. The third-order valence-electron chi connectivity index (χ3n) is 6.44. The van der Waals surface area contributed by atoms with Gasteiger partial charge in [-0.3, -0.25) is 4.79 Å². The summed E-state index contributed by atoms with van der Waals surface area (Å²) < 4.78 is 16.8. The van der Waals surface area contributed by atoms with Crippen LogP contribution in [0.1, 0.15) is 64.3 Å². The highest BCUT2D eigenvalue weighted by Gasteiger charge is 2.60. The topological polar surface area (TPSA) is 94.2 Å². The van der Waals surface area contributed by atoms with E-state index in [1.54, 1.807) is 97.2 Å². The van der Waals surface area contributed by atoms with Gasteiger partial charge in [-0.2, -0.15) is 0 Å². The predicted octanol–water partition coefficient (Wildman–Crippen LogP) is 6.53. The highest BCUT2D eigenvalue weighted by atomic mass is 16.6. The standard InChI is InChI=1S/C32H36N2O6/c1-30(2,3)39-28(36)33-26(21-14-13-17-23(20-21)38-7)32(22-15-9-8-10-16-22)24-18-11-12-19-25(24)34(27(32)35)29(37)40-31(4,5)6/h8-20,26H,1-7H3,(H,33,36)/t26-,32-/m0/s1. The Balaban J connectivity index is 2.03. The van der Waals surface area contributed by atoms with Crippen LogP contribution in [0, 0.1) is 0 Å². The lowest BCUT2D eigenvalue weighted by Gasteiger charge is -2.38. The number of nitrogens with zero attached hydrogens (tertiary/aromatic N) is 1. The van der Waals surface area contributed by atoms with Gasteiger partial charge in [0.25, 0.3) is 5.91 Å². The van der Waals surface area contributed by atoms with Gasteiger partial charge in [0.1, 0.15) is 22.4 Å². The molecule has 40 heavy (non-hydrogen) atoms. The van der Waals surface area contributed by atoms with Gasteiger partial charge < -0.3 is 19.5 Å². The molecule has 1 heterocycles. The molecule has 3 aromatic rings. The highest BCUT2D eigenvalue weighted by Crippen LogP contribution is 2.53. The fourth-order valence-electron chi connectivity index (χ4n) is 5.01. The largest absolute Gasteiger partial charge is 0.497 e. The first-order valence-corrected chi connectivity index (χ1v) is 13.1. The van der Waals surface area contributed by atoms with E-state index in [-0.39, 0.29) is 0 Å². The molecule has 0 aromatic heterocycles. The number of rotatable bonds is 5. The van der Waals surface area contributed by atoms with Crippen molar-refractivity contribution in [1.29, 1.82) is 0 Å². The summed E-state index contributed by atoms with van der Waals surface area (Å²) in [6.45, 7) is 10.5. The molecule has 0 radical (unpaired) electrons. The van der Waals surface area contributed by atoms with E-state index in [4.69, 9.17) is 14.2 Å². The van der Waals surface area contributed by atoms with Gasteiger partial charge in [0.2, 0.25) is 0 Å². The molecule has 0 unspecified atom stereocenters. The van der Waals surface area contributed by atoms with Gasteiger partial charge >= 0.3 is 12.2 Å². The van der Waals surface area contributed by atoms with E-state index >= 15 is 0 Å². The minimum Gasteiger partial charge on any atom is -0.497 e. The molecule has 0 bridgehead atoms. The van der Waals surface area contributed by atoms with E-state index in [0.717, 1.165) is 4.90 Å². The van der Waals surface area contributed by atoms with Crippen molar-refractivity contribution in [2.24, 2.45) is 0 Å². The Hall–Kier alpha value is -4.33. The number of nitrogens with one attached hydrogen (secondary N) is 1. The number of hydrogen-bond donors (Lipinski definition) is 1. The molecule has 0 saturated heterocycles. The zero-order valence-corrected chi connectivity index (χ0v) is 24.0. The van der Waals surface area contributed by atoms with E-state index in [1.807, 2.05) is 30.3 Å². The number of ether oxygens (including phenoxy) is 3. The van der Waals surface area contributed by atoms with Gasteiger partial charge in [-0.05, 0) is 76.4 Å². The molecular weight excluding hydrogens is 508 g/mol. The van der Waals surface area contributed by atoms with Crippen molar-refractivity contribution in [1.82, 2.24) is 5.32 Å². The first-order chi connectivity index (χ1) is 18.8. The highest BCUT2D eigenvalue weighted by molar-refractivity contribution is 6.23. The minimum atomic E-state index is -1.56. The van der Waals surface area contributed by atoms with Crippen molar-refractivity contribution in [3.63, 3.8) is 0 Å². The Bertz CT molecular complexity index is 1410. The second kappa shape index (κ2) is 10.7. The summed E-state index contributed by atoms with van der Waals surface area (Å²) in [4.78, 5) is 42.9. The average molecular weight is 545 g/mol. The summed E-state index contributed by atoms with van der Waals surface area (Å²) in [6, 6.07) is 22.3. The maximum atomic E-state index is 14.8. The predicted molar refractivity (Wildman–Crippen MR) is 152 cm³/mol. The third-order valence-corrected chi connectivity index (χ3v) is 6.44. The molecule has 1 aliphatic rings. The minimum absolute atomic E-state index is 0.379. The SMILES string of the molecule is COc1cccc([C@H](NC(=O)OC(C)(C)C)[C@@]2(c3ccccc3)C(=O)N(C(=O)OC(C)(C)C)c3ccccc32)c1. The molecule has 1 N–H and O–H groups in total. The van der Waals surface area contributed by atoms with Crippen LogP contribution in [-0.2, 0) is 19.7 Å². The molecule has 0 aliphatic carbocycles. The van der Waals surface area contributed by atoms with Crippen molar-refractivity contribution < 1.29 is 28.6 Å². The summed E-state index contributed by atoms with van der Waals surface area (Å²) in [7, 11) is 1.54. The number of amides is 3. The van der Waals surface area contributed by atoms with Crippen LogP contribution in [-0.4, -0.2) is 36.4 Å². The first-order valence-electron chi connectivity index (χ1n) is 13.1. The van der Waals surface area contributed by atoms with Gasteiger partial charge in [-0.15, -0.1) is 0 Å². The monoisotopic (exact) mass is 544 g/mol. The molecule has 3 amide bonds. The number of benzene rings is 3. The van der Waals surface area contributed by atoms with Crippen molar-refractivity contribution in [3.8, 4) is 5.75 Å². The van der Waals surface area contributed by atoms with Crippen LogP contribution >= 0.6 is 0 Å². The smallest absolute Gasteiger partial charge is 0.421 e. The van der Waals surface area contributed by atoms with Gasteiger partial charge in [0.15, 0.2) is 0 Å². The van der Waals surface area contributed by atoms with Crippen LogP contribution in [0.2, 0.25) is 0 Å². The summed E-state index contributed by atoms with van der Waals surface area (Å²) in [6.07, 6.45) is -1.51. The molecular formula is C32H36N2O6. The van der Waals surface area contributed by atoms with E-state index < -0.39 is 40.8 Å². The summed E-state index contributed by atoms with van der Waals surface area (Å²) in [5, 5.41) is 2.99. The summed E-state index contributed by atoms with van der Waals surface area (Å²) >= 11 is 0. The number of hydrogen-bond acceptors (Lipinski definition) is 6. The maximum absolute atomic E-state index is 14.8. The van der Waals surface area contributed by atoms with Crippen molar-refractivity contribution >= 4 is 23.8 Å². The Kier molecular flexibility index (Phi) is 7.65. The first kappa shape index (κ1) is 28.7.